The van der Waals surface area contributed by atoms with E-state index in [1.165, 1.54) is 0 Å². The third-order valence-corrected chi connectivity index (χ3v) is 2.63. The van der Waals surface area contributed by atoms with Gasteiger partial charge in [0, 0.05) is 6.54 Å². The lowest BCUT2D eigenvalue weighted by Gasteiger charge is -2.07. The van der Waals surface area contributed by atoms with Crippen LogP contribution in [0.15, 0.2) is 24.3 Å². The van der Waals surface area contributed by atoms with Crippen molar-refractivity contribution in [1.82, 2.24) is 4.72 Å². The number of benzene rings is 1. The van der Waals surface area contributed by atoms with Gasteiger partial charge in [-0.1, -0.05) is 31.7 Å². The molecule has 0 amide bonds. The Morgan fingerprint density at radius 1 is 1.24 bits per heavy atom. The van der Waals surface area contributed by atoms with E-state index in [9.17, 15) is 8.42 Å². The maximum Gasteiger partial charge on any atom is 0.333 e. The molecule has 6 nitrogen and oxygen atoms in total. The molecule has 17 heavy (non-hydrogen) atoms. The van der Waals surface area contributed by atoms with Crippen LogP contribution in [0.25, 0.3) is 0 Å². The molecule has 6 N–H and O–H groups in total. The van der Waals surface area contributed by atoms with Crippen molar-refractivity contribution in [1.29, 1.82) is 0 Å². The van der Waals surface area contributed by atoms with Crippen LogP contribution < -0.4 is 16.2 Å². The van der Waals surface area contributed by atoms with Crippen LogP contribution in [0.4, 0.5) is 0 Å². The monoisotopic (exact) mass is 261 g/mol. The second-order valence-electron chi connectivity index (χ2n) is 3.39. The van der Waals surface area contributed by atoms with Crippen molar-refractivity contribution in [3.05, 3.63) is 35.4 Å². The van der Waals surface area contributed by atoms with Crippen molar-refractivity contribution in [2.75, 3.05) is 6.54 Å². The molecule has 98 valence electrons. The summed E-state index contributed by atoms with van der Waals surface area (Å²) >= 11 is 0. The van der Waals surface area contributed by atoms with Crippen LogP contribution in [-0.2, 0) is 16.7 Å². The SMILES string of the molecule is C.NC(N)c1ccc(CCNS(=O)(=O)O)cc1. The fourth-order valence-corrected chi connectivity index (χ4v) is 1.59. The maximum absolute atomic E-state index is 10.4. The van der Waals surface area contributed by atoms with E-state index in [1.54, 1.807) is 12.1 Å². The van der Waals surface area contributed by atoms with Crippen molar-refractivity contribution in [3.63, 3.8) is 0 Å². The van der Waals surface area contributed by atoms with Gasteiger partial charge in [-0.05, 0) is 17.5 Å². The first-order chi connectivity index (χ1) is 7.38. The first-order valence-electron chi connectivity index (χ1n) is 4.70. The van der Waals surface area contributed by atoms with Gasteiger partial charge >= 0.3 is 10.3 Å². The molecule has 0 aliphatic rings. The van der Waals surface area contributed by atoms with Crippen LogP contribution >= 0.6 is 0 Å². The molecule has 0 aliphatic carbocycles. The van der Waals surface area contributed by atoms with Gasteiger partial charge in [0.25, 0.3) is 0 Å². The molecular formula is C10H19N3O3S. The quantitative estimate of drug-likeness (QED) is 0.445. The Morgan fingerprint density at radius 3 is 2.18 bits per heavy atom. The van der Waals surface area contributed by atoms with Gasteiger partial charge in [-0.3, -0.25) is 4.55 Å². The lowest BCUT2D eigenvalue weighted by Crippen LogP contribution is -2.24. The zero-order chi connectivity index (χ0) is 12.2. The molecular weight excluding hydrogens is 242 g/mol. The predicted molar refractivity (Wildman–Crippen MR) is 67.5 cm³/mol. The molecule has 1 aromatic rings. The smallest absolute Gasteiger partial charge is 0.312 e. The van der Waals surface area contributed by atoms with Crippen molar-refractivity contribution in [3.8, 4) is 0 Å². The Hall–Kier alpha value is -0.990. The van der Waals surface area contributed by atoms with Crippen LogP contribution in [-0.4, -0.2) is 19.5 Å². The van der Waals surface area contributed by atoms with Crippen LogP contribution in [0.5, 0.6) is 0 Å². The Bertz CT molecular complexity index is 429. The molecule has 0 aromatic heterocycles. The normalized spacial score (nSPS) is 11.3. The molecule has 1 aromatic carbocycles. The molecule has 0 aliphatic heterocycles. The van der Waals surface area contributed by atoms with E-state index in [-0.39, 0.29) is 14.0 Å². The third kappa shape index (κ3) is 6.35. The van der Waals surface area contributed by atoms with Crippen LogP contribution in [0, 0.1) is 0 Å². The molecule has 0 saturated carbocycles. The van der Waals surface area contributed by atoms with Crippen LogP contribution in [0.1, 0.15) is 24.7 Å². The molecule has 0 radical (unpaired) electrons. The van der Waals surface area contributed by atoms with E-state index in [2.05, 4.69) is 0 Å². The lowest BCUT2D eigenvalue weighted by molar-refractivity contribution is 0.468. The highest BCUT2D eigenvalue weighted by Crippen LogP contribution is 2.08. The van der Waals surface area contributed by atoms with Crippen molar-refractivity contribution in [2.24, 2.45) is 11.5 Å². The van der Waals surface area contributed by atoms with Crippen molar-refractivity contribution < 1.29 is 13.0 Å². The minimum atomic E-state index is -4.11. The molecule has 0 fully saturated rings. The van der Waals surface area contributed by atoms with E-state index in [0.29, 0.717) is 6.42 Å². The summed E-state index contributed by atoms with van der Waals surface area (Å²) in [5, 5.41) is 0. The summed E-state index contributed by atoms with van der Waals surface area (Å²) in [5.74, 6) is 0. The van der Waals surface area contributed by atoms with E-state index < -0.39 is 16.5 Å². The summed E-state index contributed by atoms with van der Waals surface area (Å²) in [6.45, 7) is 0.146. The molecule has 7 heteroatoms. The second kappa shape index (κ2) is 6.67. The third-order valence-electron chi connectivity index (χ3n) is 2.06. The molecule has 0 atom stereocenters. The van der Waals surface area contributed by atoms with Crippen molar-refractivity contribution in [2.45, 2.75) is 20.0 Å². The van der Waals surface area contributed by atoms with E-state index >= 15 is 0 Å². The van der Waals surface area contributed by atoms with E-state index in [4.69, 9.17) is 16.0 Å². The lowest BCUT2D eigenvalue weighted by atomic mass is 10.1. The van der Waals surface area contributed by atoms with Crippen LogP contribution in [0.3, 0.4) is 0 Å². The van der Waals surface area contributed by atoms with E-state index in [1.807, 2.05) is 16.9 Å². The highest BCUT2D eigenvalue weighted by molar-refractivity contribution is 7.83. The summed E-state index contributed by atoms with van der Waals surface area (Å²) < 4.78 is 31.2. The second-order valence-corrected chi connectivity index (χ2v) is 4.63. The van der Waals surface area contributed by atoms with Gasteiger partial charge in [0.05, 0.1) is 6.17 Å². The topological polar surface area (TPSA) is 118 Å². The minimum Gasteiger partial charge on any atom is -0.312 e. The predicted octanol–water partition coefficient (Wildman–Crippen LogP) is 0.174. The first kappa shape index (κ1) is 16.0. The zero-order valence-electron chi connectivity index (χ0n) is 8.63. The summed E-state index contributed by atoms with van der Waals surface area (Å²) in [7, 11) is -4.11. The summed E-state index contributed by atoms with van der Waals surface area (Å²) in [6.07, 6.45) is -0.0233. The Balaban J connectivity index is 0.00000256. The average Bonchev–Trinajstić information content (AvgIpc) is 2.16. The Kier molecular flexibility index (Phi) is 6.29. The van der Waals surface area contributed by atoms with E-state index in [0.717, 1.165) is 11.1 Å². The van der Waals surface area contributed by atoms with Gasteiger partial charge in [-0.25, -0.2) is 0 Å². The number of rotatable bonds is 5. The Morgan fingerprint density at radius 2 is 1.76 bits per heavy atom. The molecule has 0 bridgehead atoms. The van der Waals surface area contributed by atoms with Gasteiger partial charge in [0.2, 0.25) is 0 Å². The van der Waals surface area contributed by atoms with Gasteiger partial charge in [0.15, 0.2) is 0 Å². The standard InChI is InChI=1S/C9H15N3O3S.CH4/c10-9(11)8-3-1-7(2-4-8)5-6-12-16(13,14)15;/h1-4,9,12H,5-6,10-11H2,(H,13,14,15);1H4. The number of nitrogens with one attached hydrogen (secondary N) is 1. The highest BCUT2D eigenvalue weighted by atomic mass is 32.2. The number of nitrogens with two attached hydrogens (primary N) is 2. The number of hydrogen-bond acceptors (Lipinski definition) is 4. The van der Waals surface area contributed by atoms with Gasteiger partial charge in [-0.15, -0.1) is 0 Å². The first-order valence-corrected chi connectivity index (χ1v) is 6.14. The van der Waals surface area contributed by atoms with Gasteiger partial charge in [0.1, 0.15) is 0 Å². The summed E-state index contributed by atoms with van der Waals surface area (Å²) in [5.41, 5.74) is 12.7. The van der Waals surface area contributed by atoms with Crippen LogP contribution in [0.2, 0.25) is 0 Å². The molecule has 0 unspecified atom stereocenters. The fraction of sp³-hybridized carbons (Fsp3) is 0.400. The molecule has 0 heterocycles. The molecule has 1 rings (SSSR count). The minimum absolute atomic E-state index is 0. The highest BCUT2D eigenvalue weighted by Gasteiger charge is 2.03. The molecule has 0 spiro atoms. The number of hydrogen-bond donors (Lipinski definition) is 4. The summed E-state index contributed by atoms with van der Waals surface area (Å²) in [6, 6.07) is 7.20. The fourth-order valence-electron chi connectivity index (χ4n) is 1.23. The molecule has 0 saturated heterocycles. The van der Waals surface area contributed by atoms with Gasteiger partial charge in [-0.2, -0.15) is 13.1 Å². The van der Waals surface area contributed by atoms with Crippen molar-refractivity contribution >= 4 is 10.3 Å². The summed E-state index contributed by atoms with van der Waals surface area (Å²) in [4.78, 5) is 0. The largest absolute Gasteiger partial charge is 0.333 e. The Labute approximate surface area is 102 Å². The maximum atomic E-state index is 10.4. The zero-order valence-corrected chi connectivity index (χ0v) is 9.44. The van der Waals surface area contributed by atoms with Gasteiger partial charge < -0.3 is 11.5 Å². The average molecular weight is 261 g/mol.